The van der Waals surface area contributed by atoms with E-state index in [4.69, 9.17) is 5.11 Å². The van der Waals surface area contributed by atoms with Crippen molar-refractivity contribution in [2.24, 2.45) is 11.8 Å². The normalized spacial score (nSPS) is 25.6. The van der Waals surface area contributed by atoms with Gasteiger partial charge in [-0.25, -0.2) is 0 Å². The Kier molecular flexibility index (Phi) is 3.93. The molecule has 1 aliphatic rings. The quantitative estimate of drug-likeness (QED) is 0.751. The summed E-state index contributed by atoms with van der Waals surface area (Å²) in [6, 6.07) is 0.594. The van der Waals surface area contributed by atoms with Gasteiger partial charge in [-0.3, -0.25) is 9.69 Å². The van der Waals surface area contributed by atoms with Gasteiger partial charge in [0.05, 0.1) is 5.92 Å². The van der Waals surface area contributed by atoms with Crippen LogP contribution in [0.15, 0.2) is 0 Å². The molecule has 1 fully saturated rings. The van der Waals surface area contributed by atoms with Crippen molar-refractivity contribution >= 4 is 5.97 Å². The predicted molar refractivity (Wildman–Crippen MR) is 56.2 cm³/mol. The Morgan fingerprint density at radius 2 is 2.14 bits per heavy atom. The van der Waals surface area contributed by atoms with Gasteiger partial charge in [-0.05, 0) is 25.3 Å². The molecule has 0 spiro atoms. The maximum atomic E-state index is 10.7. The Hall–Kier alpha value is -0.570. The summed E-state index contributed by atoms with van der Waals surface area (Å²) in [5.41, 5.74) is 0. The number of carbonyl (C=O) groups is 1. The van der Waals surface area contributed by atoms with Crippen molar-refractivity contribution in [3.63, 3.8) is 0 Å². The number of hydrogen-bond donors (Lipinski definition) is 1. The van der Waals surface area contributed by atoms with E-state index in [0.29, 0.717) is 18.5 Å². The highest BCUT2D eigenvalue weighted by atomic mass is 16.4. The van der Waals surface area contributed by atoms with Crippen molar-refractivity contribution in [3.8, 4) is 0 Å². The topological polar surface area (TPSA) is 40.5 Å². The van der Waals surface area contributed by atoms with Crippen molar-refractivity contribution in [1.82, 2.24) is 4.90 Å². The highest BCUT2D eigenvalue weighted by molar-refractivity contribution is 5.69. The molecule has 1 aliphatic heterocycles. The fraction of sp³-hybridized carbons (Fsp3) is 0.909. The molecule has 0 aromatic carbocycles. The zero-order valence-electron chi connectivity index (χ0n) is 9.36. The second-order valence-corrected chi connectivity index (χ2v) is 4.69. The standard InChI is InChI=1S/C11H21NO2/c1-8(2)10-5-4-6-12(10)7-9(3)11(13)14/h8-10H,4-7H2,1-3H3,(H,13,14). The minimum atomic E-state index is -0.681. The summed E-state index contributed by atoms with van der Waals surface area (Å²) in [6.45, 7) is 8.00. The number of carboxylic acid groups (broad SMARTS) is 1. The lowest BCUT2D eigenvalue weighted by molar-refractivity contribution is -0.141. The maximum absolute atomic E-state index is 10.7. The van der Waals surface area contributed by atoms with E-state index >= 15 is 0 Å². The third-order valence-corrected chi connectivity index (χ3v) is 3.11. The van der Waals surface area contributed by atoms with Crippen LogP contribution >= 0.6 is 0 Å². The summed E-state index contributed by atoms with van der Waals surface area (Å²) in [5.74, 6) is -0.285. The zero-order valence-corrected chi connectivity index (χ0v) is 9.36. The maximum Gasteiger partial charge on any atom is 0.307 e. The Labute approximate surface area is 86.1 Å². The Balaban J connectivity index is 2.47. The van der Waals surface area contributed by atoms with Crippen LogP contribution in [0.2, 0.25) is 0 Å². The van der Waals surface area contributed by atoms with Gasteiger partial charge in [-0.15, -0.1) is 0 Å². The molecule has 0 radical (unpaired) electrons. The van der Waals surface area contributed by atoms with Crippen LogP contribution in [-0.2, 0) is 4.79 Å². The molecule has 1 rings (SSSR count). The summed E-state index contributed by atoms with van der Waals surface area (Å²) in [7, 11) is 0. The molecule has 3 heteroatoms. The third kappa shape index (κ3) is 2.71. The lowest BCUT2D eigenvalue weighted by Crippen LogP contribution is -2.38. The first-order valence-corrected chi connectivity index (χ1v) is 5.49. The Morgan fingerprint density at radius 1 is 1.50 bits per heavy atom. The molecule has 2 unspecified atom stereocenters. The SMILES string of the molecule is CC(CN1CCCC1C(C)C)C(=O)O. The molecule has 14 heavy (non-hydrogen) atoms. The number of hydrogen-bond acceptors (Lipinski definition) is 2. The van der Waals surface area contributed by atoms with E-state index in [2.05, 4.69) is 18.7 Å². The molecule has 82 valence electrons. The smallest absolute Gasteiger partial charge is 0.307 e. The molecule has 0 amide bonds. The minimum absolute atomic E-state index is 0.241. The first-order valence-electron chi connectivity index (χ1n) is 5.49. The molecular weight excluding hydrogens is 178 g/mol. The van der Waals surface area contributed by atoms with Crippen LogP contribution in [0.4, 0.5) is 0 Å². The highest BCUT2D eigenvalue weighted by Crippen LogP contribution is 2.24. The minimum Gasteiger partial charge on any atom is -0.481 e. The fourth-order valence-electron chi connectivity index (χ4n) is 2.26. The van der Waals surface area contributed by atoms with Gasteiger partial charge in [0.2, 0.25) is 0 Å². The van der Waals surface area contributed by atoms with Gasteiger partial charge in [-0.2, -0.15) is 0 Å². The molecular formula is C11H21NO2. The van der Waals surface area contributed by atoms with E-state index in [1.165, 1.54) is 12.8 Å². The van der Waals surface area contributed by atoms with Crippen molar-refractivity contribution in [2.45, 2.75) is 39.7 Å². The van der Waals surface area contributed by atoms with E-state index in [1.807, 2.05) is 0 Å². The van der Waals surface area contributed by atoms with Crippen molar-refractivity contribution in [1.29, 1.82) is 0 Å². The average Bonchev–Trinajstić information content (AvgIpc) is 2.52. The third-order valence-electron chi connectivity index (χ3n) is 3.11. The van der Waals surface area contributed by atoms with Gasteiger partial charge in [0, 0.05) is 12.6 Å². The highest BCUT2D eigenvalue weighted by Gasteiger charge is 2.29. The number of nitrogens with zero attached hydrogens (tertiary/aromatic N) is 1. The molecule has 1 heterocycles. The van der Waals surface area contributed by atoms with Crippen LogP contribution in [-0.4, -0.2) is 35.1 Å². The summed E-state index contributed by atoms with van der Waals surface area (Å²) in [6.07, 6.45) is 2.44. The lowest BCUT2D eigenvalue weighted by atomic mass is 10.0. The number of aliphatic carboxylic acids is 1. The van der Waals surface area contributed by atoms with Crippen LogP contribution < -0.4 is 0 Å². The van der Waals surface area contributed by atoms with Gasteiger partial charge in [-0.1, -0.05) is 20.8 Å². The van der Waals surface area contributed by atoms with Crippen LogP contribution in [0.1, 0.15) is 33.6 Å². The molecule has 0 aromatic heterocycles. The van der Waals surface area contributed by atoms with Gasteiger partial charge in [0.1, 0.15) is 0 Å². The average molecular weight is 199 g/mol. The molecule has 1 saturated heterocycles. The summed E-state index contributed by atoms with van der Waals surface area (Å²) in [4.78, 5) is 13.1. The molecule has 0 aromatic rings. The van der Waals surface area contributed by atoms with E-state index < -0.39 is 5.97 Å². The van der Waals surface area contributed by atoms with Crippen molar-refractivity contribution in [3.05, 3.63) is 0 Å². The van der Waals surface area contributed by atoms with Crippen LogP contribution in [0, 0.1) is 11.8 Å². The molecule has 1 N–H and O–H groups in total. The zero-order chi connectivity index (χ0) is 10.7. The first-order chi connectivity index (χ1) is 6.52. The first kappa shape index (κ1) is 11.5. The van der Waals surface area contributed by atoms with Gasteiger partial charge >= 0.3 is 5.97 Å². The van der Waals surface area contributed by atoms with Gasteiger partial charge in [0.15, 0.2) is 0 Å². The van der Waals surface area contributed by atoms with Crippen molar-refractivity contribution < 1.29 is 9.90 Å². The predicted octanol–water partition coefficient (Wildman–Crippen LogP) is 1.83. The number of likely N-dealkylation sites (tertiary alicyclic amines) is 1. The number of carboxylic acids is 1. The van der Waals surface area contributed by atoms with E-state index in [-0.39, 0.29) is 5.92 Å². The van der Waals surface area contributed by atoms with Crippen molar-refractivity contribution in [2.75, 3.05) is 13.1 Å². The largest absolute Gasteiger partial charge is 0.481 e. The second kappa shape index (κ2) is 4.78. The van der Waals surface area contributed by atoms with Crippen LogP contribution in [0.25, 0.3) is 0 Å². The van der Waals surface area contributed by atoms with Gasteiger partial charge in [0.25, 0.3) is 0 Å². The molecule has 2 atom stereocenters. The summed E-state index contributed by atoms with van der Waals surface area (Å²) < 4.78 is 0. The van der Waals surface area contributed by atoms with Crippen LogP contribution in [0.5, 0.6) is 0 Å². The number of rotatable bonds is 4. The Bertz CT molecular complexity index is 203. The van der Waals surface area contributed by atoms with E-state index in [1.54, 1.807) is 6.92 Å². The monoisotopic (exact) mass is 199 g/mol. The molecule has 0 saturated carbocycles. The molecule has 0 bridgehead atoms. The fourth-order valence-corrected chi connectivity index (χ4v) is 2.26. The molecule has 3 nitrogen and oxygen atoms in total. The molecule has 0 aliphatic carbocycles. The second-order valence-electron chi connectivity index (χ2n) is 4.69. The summed E-state index contributed by atoms with van der Waals surface area (Å²) >= 11 is 0. The van der Waals surface area contributed by atoms with Crippen LogP contribution in [0.3, 0.4) is 0 Å². The van der Waals surface area contributed by atoms with E-state index in [0.717, 1.165) is 6.54 Å². The van der Waals surface area contributed by atoms with Gasteiger partial charge < -0.3 is 5.11 Å². The Morgan fingerprint density at radius 3 is 2.64 bits per heavy atom. The summed E-state index contributed by atoms with van der Waals surface area (Å²) in [5, 5.41) is 8.84. The van der Waals surface area contributed by atoms with E-state index in [9.17, 15) is 4.79 Å². The lowest BCUT2D eigenvalue weighted by Gasteiger charge is -2.28.